The van der Waals surface area contributed by atoms with E-state index in [1.165, 1.54) is 19.3 Å². The molecule has 0 aliphatic heterocycles. The number of hydrogen-bond donors (Lipinski definition) is 2. The lowest BCUT2D eigenvalue weighted by atomic mass is 9.65. The van der Waals surface area contributed by atoms with Gasteiger partial charge in [0.1, 0.15) is 0 Å². The first-order chi connectivity index (χ1) is 12.7. The second-order valence-electron chi connectivity index (χ2n) is 7.85. The van der Waals surface area contributed by atoms with Crippen molar-refractivity contribution in [3.05, 3.63) is 54.4 Å². The lowest BCUT2D eigenvalue weighted by Gasteiger charge is -2.43. The van der Waals surface area contributed by atoms with E-state index in [1.54, 1.807) is 6.20 Å². The molecule has 3 N–H and O–H groups in total. The summed E-state index contributed by atoms with van der Waals surface area (Å²) < 4.78 is 0. The molecule has 0 radical (unpaired) electrons. The predicted octanol–water partition coefficient (Wildman–Crippen LogP) is 3.52. The molecule has 136 valence electrons. The molecule has 0 spiro atoms. The maximum absolute atomic E-state index is 12.6. The third-order valence-corrected chi connectivity index (χ3v) is 6.20. The van der Waals surface area contributed by atoms with Crippen molar-refractivity contribution in [3.63, 3.8) is 0 Å². The van der Waals surface area contributed by atoms with Crippen molar-refractivity contribution in [2.45, 2.75) is 44.7 Å². The van der Waals surface area contributed by atoms with Gasteiger partial charge < -0.3 is 11.1 Å². The zero-order valence-corrected chi connectivity index (χ0v) is 15.1. The first-order valence-corrected chi connectivity index (χ1v) is 9.73. The van der Waals surface area contributed by atoms with Crippen LogP contribution in [0.25, 0.3) is 11.1 Å². The Morgan fingerprint density at radius 2 is 1.81 bits per heavy atom. The molecule has 2 saturated carbocycles. The van der Waals surface area contributed by atoms with E-state index in [1.807, 2.05) is 12.3 Å². The lowest BCUT2D eigenvalue weighted by molar-refractivity contribution is -0.128. The van der Waals surface area contributed by atoms with Crippen LogP contribution in [0.4, 0.5) is 0 Å². The van der Waals surface area contributed by atoms with Gasteiger partial charge in [-0.1, -0.05) is 36.8 Å². The molecule has 4 nitrogen and oxygen atoms in total. The van der Waals surface area contributed by atoms with Crippen molar-refractivity contribution < 1.29 is 4.79 Å². The van der Waals surface area contributed by atoms with Gasteiger partial charge in [-0.15, -0.1) is 0 Å². The highest BCUT2D eigenvalue weighted by molar-refractivity contribution is 5.78. The Bertz CT molecular complexity index is 730. The van der Waals surface area contributed by atoms with Gasteiger partial charge in [-0.05, 0) is 60.3 Å². The van der Waals surface area contributed by atoms with Crippen LogP contribution in [-0.4, -0.2) is 16.9 Å². The number of rotatable bonds is 4. The number of pyridine rings is 1. The molecule has 0 saturated heterocycles. The number of nitrogens with two attached hydrogens (primary N) is 1. The van der Waals surface area contributed by atoms with Crippen LogP contribution >= 0.6 is 0 Å². The molecule has 2 aliphatic rings. The van der Waals surface area contributed by atoms with E-state index in [2.05, 4.69) is 40.6 Å². The third-order valence-electron chi connectivity index (χ3n) is 6.20. The zero-order valence-electron chi connectivity index (χ0n) is 15.1. The molecule has 2 aromatic rings. The van der Waals surface area contributed by atoms with Crippen LogP contribution in [0.15, 0.2) is 48.8 Å². The van der Waals surface area contributed by atoms with Crippen molar-refractivity contribution in [2.24, 2.45) is 23.5 Å². The monoisotopic (exact) mass is 349 g/mol. The molecular formula is C22H27N3O. The largest absolute Gasteiger partial charge is 0.352 e. The van der Waals surface area contributed by atoms with Crippen LogP contribution in [0, 0.1) is 17.8 Å². The fourth-order valence-electron chi connectivity index (χ4n) is 4.69. The Balaban J connectivity index is 1.33. The van der Waals surface area contributed by atoms with E-state index < -0.39 is 0 Å². The predicted molar refractivity (Wildman–Crippen MR) is 103 cm³/mol. The summed E-state index contributed by atoms with van der Waals surface area (Å²) >= 11 is 0. The first kappa shape index (κ1) is 17.2. The van der Waals surface area contributed by atoms with Gasteiger partial charge in [0.25, 0.3) is 0 Å². The van der Waals surface area contributed by atoms with Gasteiger partial charge in [0.05, 0.1) is 0 Å². The summed E-state index contributed by atoms with van der Waals surface area (Å²) in [7, 11) is 0. The summed E-state index contributed by atoms with van der Waals surface area (Å²) in [6.07, 6.45) is 9.23. The standard InChI is InChI=1S/C22H27N3O/c23-21-17-3-1-4-18(21)12-20(11-17)22(26)25-13-15-6-8-16(9-7-15)19-5-2-10-24-14-19/h2,5-10,14,17-18,20-21H,1,3-4,11-13,23H2,(H,25,26). The van der Waals surface area contributed by atoms with Gasteiger partial charge in [0.15, 0.2) is 0 Å². The number of nitrogens with zero attached hydrogens (tertiary/aromatic N) is 1. The van der Waals surface area contributed by atoms with Crippen LogP contribution < -0.4 is 11.1 Å². The summed E-state index contributed by atoms with van der Waals surface area (Å²) in [5, 5.41) is 3.14. The summed E-state index contributed by atoms with van der Waals surface area (Å²) in [5.74, 6) is 1.42. The van der Waals surface area contributed by atoms with Crippen LogP contribution in [0.3, 0.4) is 0 Å². The molecule has 2 unspecified atom stereocenters. The molecule has 4 rings (SSSR count). The molecular weight excluding hydrogens is 322 g/mol. The Morgan fingerprint density at radius 1 is 1.08 bits per heavy atom. The molecule has 1 aromatic carbocycles. The highest BCUT2D eigenvalue weighted by atomic mass is 16.1. The van der Waals surface area contributed by atoms with Crippen molar-refractivity contribution >= 4 is 5.91 Å². The SMILES string of the molecule is NC1C2CCCC1CC(C(=O)NCc1ccc(-c3cccnc3)cc1)C2. The van der Waals surface area contributed by atoms with E-state index in [4.69, 9.17) is 5.73 Å². The number of nitrogens with one attached hydrogen (secondary N) is 1. The maximum Gasteiger partial charge on any atom is 0.223 e. The van der Waals surface area contributed by atoms with E-state index in [0.29, 0.717) is 24.4 Å². The lowest BCUT2D eigenvalue weighted by Crippen LogP contribution is -2.49. The second kappa shape index (κ2) is 7.58. The Morgan fingerprint density at radius 3 is 2.46 bits per heavy atom. The van der Waals surface area contributed by atoms with Crippen molar-refractivity contribution in [1.29, 1.82) is 0 Å². The Labute approximate surface area is 155 Å². The van der Waals surface area contributed by atoms with Gasteiger partial charge in [-0.25, -0.2) is 0 Å². The van der Waals surface area contributed by atoms with Gasteiger partial charge in [-0.2, -0.15) is 0 Å². The third kappa shape index (κ3) is 3.65. The molecule has 1 aromatic heterocycles. The van der Waals surface area contributed by atoms with Gasteiger partial charge in [0.2, 0.25) is 5.91 Å². The fraction of sp³-hybridized carbons (Fsp3) is 0.455. The van der Waals surface area contributed by atoms with E-state index in [9.17, 15) is 4.79 Å². The molecule has 26 heavy (non-hydrogen) atoms. The summed E-state index contributed by atoms with van der Waals surface area (Å²) in [6, 6.07) is 12.6. The average Bonchev–Trinajstić information content (AvgIpc) is 2.67. The molecule has 2 atom stereocenters. The van der Waals surface area contributed by atoms with Crippen molar-refractivity contribution in [1.82, 2.24) is 10.3 Å². The summed E-state index contributed by atoms with van der Waals surface area (Å²) in [5.41, 5.74) is 9.71. The van der Waals surface area contributed by atoms with Gasteiger partial charge >= 0.3 is 0 Å². The van der Waals surface area contributed by atoms with E-state index in [-0.39, 0.29) is 11.8 Å². The van der Waals surface area contributed by atoms with Crippen LogP contribution in [0.5, 0.6) is 0 Å². The van der Waals surface area contributed by atoms with Crippen molar-refractivity contribution in [2.75, 3.05) is 0 Å². The number of fused-ring (bicyclic) bond motifs is 2. The second-order valence-corrected chi connectivity index (χ2v) is 7.85. The minimum atomic E-state index is 0.139. The highest BCUT2D eigenvalue weighted by Crippen LogP contribution is 2.41. The molecule has 4 heteroatoms. The van der Waals surface area contributed by atoms with Gasteiger partial charge in [-0.3, -0.25) is 9.78 Å². The van der Waals surface area contributed by atoms with Gasteiger partial charge in [0, 0.05) is 30.9 Å². The number of aromatic nitrogens is 1. The number of carbonyl (C=O) groups is 1. The molecule has 2 bridgehead atoms. The highest BCUT2D eigenvalue weighted by Gasteiger charge is 2.40. The normalized spacial score (nSPS) is 27.7. The minimum Gasteiger partial charge on any atom is -0.352 e. The van der Waals surface area contributed by atoms with Crippen LogP contribution in [0.1, 0.15) is 37.7 Å². The molecule has 1 heterocycles. The maximum atomic E-state index is 12.6. The molecule has 1 amide bonds. The Hall–Kier alpha value is -2.20. The number of amides is 1. The molecule has 2 aliphatic carbocycles. The number of benzene rings is 1. The summed E-state index contributed by atoms with van der Waals surface area (Å²) in [6.45, 7) is 0.587. The Kier molecular flexibility index (Phi) is 5.02. The number of carbonyl (C=O) groups excluding carboxylic acids is 1. The smallest absolute Gasteiger partial charge is 0.223 e. The number of hydrogen-bond acceptors (Lipinski definition) is 3. The average molecular weight is 349 g/mol. The van der Waals surface area contributed by atoms with Crippen LogP contribution in [-0.2, 0) is 11.3 Å². The quantitative estimate of drug-likeness (QED) is 0.887. The van der Waals surface area contributed by atoms with E-state index in [0.717, 1.165) is 29.5 Å². The molecule has 2 fully saturated rings. The summed E-state index contributed by atoms with van der Waals surface area (Å²) in [4.78, 5) is 16.8. The van der Waals surface area contributed by atoms with E-state index >= 15 is 0 Å². The van der Waals surface area contributed by atoms with Crippen molar-refractivity contribution in [3.8, 4) is 11.1 Å². The fourth-order valence-corrected chi connectivity index (χ4v) is 4.69. The first-order valence-electron chi connectivity index (χ1n) is 9.73. The topological polar surface area (TPSA) is 68.0 Å². The minimum absolute atomic E-state index is 0.139. The van der Waals surface area contributed by atoms with Crippen LogP contribution in [0.2, 0.25) is 0 Å². The zero-order chi connectivity index (χ0) is 17.9.